The third kappa shape index (κ3) is 1.64. The van der Waals surface area contributed by atoms with Gasteiger partial charge >= 0.3 is 0 Å². The molecule has 0 bridgehead atoms. The smallest absolute Gasteiger partial charge is 0.109 e. The summed E-state index contributed by atoms with van der Waals surface area (Å²) in [4.78, 5) is 4.12. The highest BCUT2D eigenvalue weighted by molar-refractivity contribution is 4.65. The van der Waals surface area contributed by atoms with Gasteiger partial charge in [-0.2, -0.15) is 0 Å². The predicted molar refractivity (Wildman–Crippen MR) is 35.9 cm³/mol. The van der Waals surface area contributed by atoms with Crippen LogP contribution in [0.4, 0.5) is 0 Å². The quantitative estimate of drug-likeness (QED) is 0.480. The van der Waals surface area contributed by atoms with Gasteiger partial charge in [-0.05, 0) is 20.5 Å². The second-order valence-electron chi connectivity index (χ2n) is 2.75. The minimum atomic E-state index is -0.221. The Morgan fingerprint density at radius 1 is 1.44 bits per heavy atom. The van der Waals surface area contributed by atoms with E-state index in [9.17, 15) is 5.11 Å². The molecule has 0 aliphatic carbocycles. The van der Waals surface area contributed by atoms with Crippen LogP contribution in [0.5, 0.6) is 0 Å². The molecule has 0 saturated carbocycles. The number of aliphatic hydroxyl groups is 1. The molecule has 0 aromatic carbocycles. The highest BCUT2D eigenvalue weighted by Crippen LogP contribution is 2.06. The number of rotatable bonds is 0. The van der Waals surface area contributed by atoms with E-state index in [2.05, 4.69) is 11.9 Å². The van der Waals surface area contributed by atoms with Gasteiger partial charge in [-0.15, -0.1) is 0 Å². The highest BCUT2D eigenvalue weighted by atomic mass is 16.3. The fourth-order valence-corrected chi connectivity index (χ4v) is 1.10. The van der Waals surface area contributed by atoms with Crippen molar-refractivity contribution in [2.24, 2.45) is 0 Å². The molecule has 9 heavy (non-hydrogen) atoms. The molecule has 0 amide bonds. The number of nitrogens with zero attached hydrogens (tertiary/aromatic N) is 2. The third-order valence-electron chi connectivity index (χ3n) is 1.74. The van der Waals surface area contributed by atoms with Crippen LogP contribution in [-0.2, 0) is 0 Å². The van der Waals surface area contributed by atoms with E-state index in [1.807, 2.05) is 11.9 Å². The van der Waals surface area contributed by atoms with Crippen LogP contribution in [0.15, 0.2) is 0 Å². The SMILES string of the molecule is CN1CCC(O)N(C)C1. The average Bonchev–Trinajstić information content (AvgIpc) is 1.80. The lowest BCUT2D eigenvalue weighted by atomic mass is 10.3. The molecule has 1 atom stereocenters. The Balaban J connectivity index is 2.35. The Hall–Kier alpha value is -0.120. The van der Waals surface area contributed by atoms with Gasteiger partial charge in [-0.25, -0.2) is 0 Å². The molecule has 1 aliphatic rings. The van der Waals surface area contributed by atoms with E-state index < -0.39 is 0 Å². The minimum absolute atomic E-state index is 0.221. The zero-order valence-corrected chi connectivity index (χ0v) is 6.04. The van der Waals surface area contributed by atoms with Crippen molar-refractivity contribution in [1.29, 1.82) is 0 Å². The van der Waals surface area contributed by atoms with E-state index in [1.54, 1.807) is 0 Å². The molecule has 1 saturated heterocycles. The van der Waals surface area contributed by atoms with Crippen LogP contribution in [0.3, 0.4) is 0 Å². The molecule has 0 aromatic rings. The Morgan fingerprint density at radius 2 is 2.11 bits per heavy atom. The highest BCUT2D eigenvalue weighted by Gasteiger charge is 2.18. The summed E-state index contributed by atoms with van der Waals surface area (Å²) in [5, 5.41) is 9.19. The van der Waals surface area contributed by atoms with Gasteiger partial charge in [0.15, 0.2) is 0 Å². The first-order valence-corrected chi connectivity index (χ1v) is 3.27. The van der Waals surface area contributed by atoms with Crippen molar-refractivity contribution in [3.8, 4) is 0 Å². The molecule has 1 aliphatic heterocycles. The molecule has 0 spiro atoms. The van der Waals surface area contributed by atoms with Crippen molar-refractivity contribution in [3.05, 3.63) is 0 Å². The molecule has 1 unspecified atom stereocenters. The minimum Gasteiger partial charge on any atom is -0.378 e. The van der Waals surface area contributed by atoms with Crippen LogP contribution < -0.4 is 0 Å². The molecular weight excluding hydrogens is 116 g/mol. The first-order valence-electron chi connectivity index (χ1n) is 3.27. The lowest BCUT2D eigenvalue weighted by Crippen LogP contribution is -2.46. The summed E-state index contributed by atoms with van der Waals surface area (Å²) in [6.45, 7) is 1.88. The molecule has 54 valence electrons. The Morgan fingerprint density at radius 3 is 2.56 bits per heavy atom. The van der Waals surface area contributed by atoms with Crippen LogP contribution in [0, 0.1) is 0 Å². The van der Waals surface area contributed by atoms with Crippen molar-refractivity contribution in [2.45, 2.75) is 12.6 Å². The fourth-order valence-electron chi connectivity index (χ4n) is 1.10. The summed E-state index contributed by atoms with van der Waals surface area (Å²) in [7, 11) is 3.99. The number of hydrogen-bond acceptors (Lipinski definition) is 3. The lowest BCUT2D eigenvalue weighted by Gasteiger charge is -2.34. The normalized spacial score (nSPS) is 33.0. The fraction of sp³-hybridized carbons (Fsp3) is 1.00. The molecule has 3 nitrogen and oxygen atoms in total. The van der Waals surface area contributed by atoms with Crippen LogP contribution in [0.25, 0.3) is 0 Å². The van der Waals surface area contributed by atoms with E-state index in [-0.39, 0.29) is 6.23 Å². The van der Waals surface area contributed by atoms with Gasteiger partial charge in [0.25, 0.3) is 0 Å². The van der Waals surface area contributed by atoms with Gasteiger partial charge in [0.1, 0.15) is 6.23 Å². The van der Waals surface area contributed by atoms with Crippen LogP contribution in [-0.4, -0.2) is 48.4 Å². The van der Waals surface area contributed by atoms with E-state index >= 15 is 0 Å². The Bertz CT molecular complexity index is 97.1. The van der Waals surface area contributed by atoms with Crippen LogP contribution in [0.2, 0.25) is 0 Å². The van der Waals surface area contributed by atoms with Crippen molar-refractivity contribution < 1.29 is 5.11 Å². The molecule has 0 aromatic heterocycles. The molecule has 1 rings (SSSR count). The number of hydrogen-bond donors (Lipinski definition) is 1. The van der Waals surface area contributed by atoms with E-state index in [4.69, 9.17) is 0 Å². The van der Waals surface area contributed by atoms with Crippen molar-refractivity contribution in [1.82, 2.24) is 9.80 Å². The maximum atomic E-state index is 9.19. The molecule has 0 radical (unpaired) electrons. The zero-order chi connectivity index (χ0) is 6.85. The molecule has 1 fully saturated rings. The van der Waals surface area contributed by atoms with Gasteiger partial charge in [-0.3, -0.25) is 9.80 Å². The van der Waals surface area contributed by atoms with Gasteiger partial charge < -0.3 is 5.11 Å². The number of aliphatic hydroxyl groups excluding tert-OH is 1. The van der Waals surface area contributed by atoms with E-state index in [1.165, 1.54) is 0 Å². The molecule has 3 heteroatoms. The molecule has 1 heterocycles. The molecule has 1 N–H and O–H groups in total. The average molecular weight is 130 g/mol. The Kier molecular flexibility index (Phi) is 2.05. The van der Waals surface area contributed by atoms with Crippen LogP contribution in [0.1, 0.15) is 6.42 Å². The van der Waals surface area contributed by atoms with Crippen molar-refractivity contribution >= 4 is 0 Å². The van der Waals surface area contributed by atoms with Gasteiger partial charge in [0.05, 0.1) is 6.67 Å². The standard InChI is InChI=1S/C6H14N2O/c1-7-4-3-6(9)8(2)5-7/h6,9H,3-5H2,1-2H3. The maximum Gasteiger partial charge on any atom is 0.109 e. The van der Waals surface area contributed by atoms with Crippen LogP contribution >= 0.6 is 0 Å². The first-order chi connectivity index (χ1) is 4.20. The van der Waals surface area contributed by atoms with E-state index in [0.29, 0.717) is 0 Å². The summed E-state index contributed by atoms with van der Waals surface area (Å²) < 4.78 is 0. The monoisotopic (exact) mass is 130 g/mol. The van der Waals surface area contributed by atoms with Crippen molar-refractivity contribution in [2.75, 3.05) is 27.3 Å². The topological polar surface area (TPSA) is 26.7 Å². The summed E-state index contributed by atoms with van der Waals surface area (Å²) in [5.41, 5.74) is 0. The molecular formula is C6H14N2O. The first kappa shape index (κ1) is 6.99. The summed E-state index contributed by atoms with van der Waals surface area (Å²) >= 11 is 0. The third-order valence-corrected chi connectivity index (χ3v) is 1.74. The predicted octanol–water partition coefficient (Wildman–Crippen LogP) is -0.470. The summed E-state index contributed by atoms with van der Waals surface area (Å²) in [6.07, 6.45) is 0.647. The summed E-state index contributed by atoms with van der Waals surface area (Å²) in [6, 6.07) is 0. The van der Waals surface area contributed by atoms with Crippen molar-refractivity contribution in [3.63, 3.8) is 0 Å². The van der Waals surface area contributed by atoms with E-state index in [0.717, 1.165) is 19.6 Å². The van der Waals surface area contributed by atoms with Gasteiger partial charge in [-0.1, -0.05) is 0 Å². The Labute approximate surface area is 55.9 Å². The summed E-state index contributed by atoms with van der Waals surface area (Å²) in [5.74, 6) is 0. The second kappa shape index (κ2) is 2.64. The van der Waals surface area contributed by atoms with Gasteiger partial charge in [0.2, 0.25) is 0 Å². The van der Waals surface area contributed by atoms with Gasteiger partial charge in [0, 0.05) is 6.54 Å². The lowest BCUT2D eigenvalue weighted by molar-refractivity contribution is -0.0493. The maximum absolute atomic E-state index is 9.19. The zero-order valence-electron chi connectivity index (χ0n) is 6.04. The largest absolute Gasteiger partial charge is 0.378 e. The second-order valence-corrected chi connectivity index (χ2v) is 2.75.